The van der Waals surface area contributed by atoms with Crippen LogP contribution < -0.4 is 10.6 Å². The van der Waals surface area contributed by atoms with Crippen molar-refractivity contribution in [3.05, 3.63) is 0 Å². The summed E-state index contributed by atoms with van der Waals surface area (Å²) in [5, 5.41) is 14.7. The normalized spacial score (nSPS) is 19.4. The molecule has 20 heavy (non-hydrogen) atoms. The van der Waals surface area contributed by atoms with Gasteiger partial charge in [-0.3, -0.25) is 4.79 Å². The van der Waals surface area contributed by atoms with E-state index in [1.807, 2.05) is 13.8 Å². The zero-order valence-electron chi connectivity index (χ0n) is 12.4. The van der Waals surface area contributed by atoms with E-state index in [-0.39, 0.29) is 12.6 Å². The molecule has 116 valence electrons. The van der Waals surface area contributed by atoms with Gasteiger partial charge in [0.2, 0.25) is 0 Å². The minimum Gasteiger partial charge on any atom is -0.481 e. The Morgan fingerprint density at radius 2 is 2.00 bits per heavy atom. The maximum atomic E-state index is 11.7. The summed E-state index contributed by atoms with van der Waals surface area (Å²) in [6.07, 6.45) is 3.08. The van der Waals surface area contributed by atoms with Gasteiger partial charge in [-0.05, 0) is 31.6 Å². The fourth-order valence-corrected chi connectivity index (χ4v) is 2.40. The standard InChI is InChI=1S/C14H26N2O4/c1-3-14(4-2,12(17)18)10-16-13(19)15-8-11-6-5-7-20-9-11/h11H,3-10H2,1-2H3,(H,17,18)(H2,15,16,19). The van der Waals surface area contributed by atoms with Crippen molar-refractivity contribution in [2.75, 3.05) is 26.3 Å². The summed E-state index contributed by atoms with van der Waals surface area (Å²) in [5.74, 6) is -0.500. The highest BCUT2D eigenvalue weighted by Gasteiger charge is 2.35. The van der Waals surface area contributed by atoms with Crippen LogP contribution in [0.4, 0.5) is 4.79 Å². The smallest absolute Gasteiger partial charge is 0.314 e. The zero-order valence-corrected chi connectivity index (χ0v) is 12.4. The molecule has 1 fully saturated rings. The Kier molecular flexibility index (Phi) is 6.78. The van der Waals surface area contributed by atoms with Crippen LogP contribution in [0.2, 0.25) is 0 Å². The Balaban J connectivity index is 2.32. The van der Waals surface area contributed by atoms with E-state index in [1.54, 1.807) is 0 Å². The molecule has 0 saturated carbocycles. The Morgan fingerprint density at radius 3 is 2.50 bits per heavy atom. The summed E-state index contributed by atoms with van der Waals surface area (Å²) in [5.41, 5.74) is -0.870. The number of carbonyl (C=O) groups excluding carboxylic acids is 1. The van der Waals surface area contributed by atoms with Crippen molar-refractivity contribution >= 4 is 12.0 Å². The van der Waals surface area contributed by atoms with Crippen LogP contribution in [-0.2, 0) is 9.53 Å². The Bertz CT molecular complexity index is 323. The van der Waals surface area contributed by atoms with E-state index in [9.17, 15) is 14.7 Å². The fraction of sp³-hybridized carbons (Fsp3) is 0.857. The molecule has 1 aliphatic heterocycles. The van der Waals surface area contributed by atoms with Crippen molar-refractivity contribution in [2.24, 2.45) is 11.3 Å². The average Bonchev–Trinajstić information content (AvgIpc) is 2.47. The molecule has 1 aliphatic rings. The van der Waals surface area contributed by atoms with Gasteiger partial charge < -0.3 is 20.5 Å². The minimum atomic E-state index is -0.870. The molecule has 1 unspecified atom stereocenters. The van der Waals surface area contributed by atoms with Gasteiger partial charge in [-0.1, -0.05) is 13.8 Å². The molecule has 1 heterocycles. The van der Waals surface area contributed by atoms with E-state index < -0.39 is 11.4 Å². The molecule has 0 aromatic rings. The molecule has 0 spiro atoms. The van der Waals surface area contributed by atoms with Gasteiger partial charge in [-0.15, -0.1) is 0 Å². The van der Waals surface area contributed by atoms with Crippen LogP contribution in [0.15, 0.2) is 0 Å². The minimum absolute atomic E-state index is 0.155. The highest BCUT2D eigenvalue weighted by molar-refractivity contribution is 5.78. The van der Waals surface area contributed by atoms with Crippen molar-refractivity contribution in [2.45, 2.75) is 39.5 Å². The van der Waals surface area contributed by atoms with E-state index in [1.165, 1.54) is 0 Å². The summed E-state index contributed by atoms with van der Waals surface area (Å²) in [6, 6.07) is -0.303. The lowest BCUT2D eigenvalue weighted by Crippen LogP contribution is -2.47. The van der Waals surface area contributed by atoms with Crippen LogP contribution in [0, 0.1) is 11.3 Å². The molecular formula is C14H26N2O4. The van der Waals surface area contributed by atoms with Crippen molar-refractivity contribution in [1.29, 1.82) is 0 Å². The number of amides is 2. The number of ether oxygens (including phenoxy) is 1. The topological polar surface area (TPSA) is 87.7 Å². The Labute approximate surface area is 120 Å². The van der Waals surface area contributed by atoms with Gasteiger partial charge in [-0.25, -0.2) is 4.79 Å². The predicted molar refractivity (Wildman–Crippen MR) is 75.6 cm³/mol. The molecule has 6 nitrogen and oxygen atoms in total. The van der Waals surface area contributed by atoms with Crippen LogP contribution >= 0.6 is 0 Å². The molecule has 0 radical (unpaired) electrons. The molecule has 1 atom stereocenters. The highest BCUT2D eigenvalue weighted by Crippen LogP contribution is 2.25. The molecule has 0 bridgehead atoms. The first-order chi connectivity index (χ1) is 9.54. The summed E-state index contributed by atoms with van der Waals surface area (Å²) >= 11 is 0. The van der Waals surface area contributed by atoms with Crippen LogP contribution in [0.5, 0.6) is 0 Å². The quantitative estimate of drug-likeness (QED) is 0.663. The summed E-state index contributed by atoms with van der Waals surface area (Å²) in [7, 11) is 0. The summed E-state index contributed by atoms with van der Waals surface area (Å²) < 4.78 is 5.35. The third-order valence-electron chi connectivity index (χ3n) is 4.20. The van der Waals surface area contributed by atoms with E-state index in [0.29, 0.717) is 31.9 Å². The van der Waals surface area contributed by atoms with Crippen LogP contribution in [0.3, 0.4) is 0 Å². The molecule has 2 amide bonds. The number of carboxylic acids is 1. The van der Waals surface area contributed by atoms with Gasteiger partial charge in [0, 0.05) is 19.7 Å². The second kappa shape index (κ2) is 8.09. The second-order valence-electron chi connectivity index (χ2n) is 5.44. The molecule has 0 aromatic heterocycles. The number of nitrogens with one attached hydrogen (secondary N) is 2. The first kappa shape index (κ1) is 16.8. The van der Waals surface area contributed by atoms with Gasteiger partial charge in [0.05, 0.1) is 12.0 Å². The highest BCUT2D eigenvalue weighted by atomic mass is 16.5. The van der Waals surface area contributed by atoms with E-state index in [4.69, 9.17) is 4.74 Å². The second-order valence-corrected chi connectivity index (χ2v) is 5.44. The zero-order chi connectivity index (χ0) is 15.0. The molecule has 1 saturated heterocycles. The van der Waals surface area contributed by atoms with E-state index in [2.05, 4.69) is 10.6 Å². The number of hydrogen-bond donors (Lipinski definition) is 3. The molecule has 3 N–H and O–H groups in total. The van der Waals surface area contributed by atoms with Crippen LogP contribution in [0.1, 0.15) is 39.5 Å². The monoisotopic (exact) mass is 286 g/mol. The maximum Gasteiger partial charge on any atom is 0.314 e. The number of urea groups is 1. The third-order valence-corrected chi connectivity index (χ3v) is 4.20. The number of carboxylic acid groups (broad SMARTS) is 1. The lowest BCUT2D eigenvalue weighted by Gasteiger charge is -2.27. The first-order valence-electron chi connectivity index (χ1n) is 7.37. The SMILES string of the molecule is CCC(CC)(CNC(=O)NCC1CCCOC1)C(=O)O. The van der Waals surface area contributed by atoms with Gasteiger partial charge in [-0.2, -0.15) is 0 Å². The summed E-state index contributed by atoms with van der Waals surface area (Å²) in [4.78, 5) is 23.0. The van der Waals surface area contributed by atoms with E-state index >= 15 is 0 Å². The van der Waals surface area contributed by atoms with Gasteiger partial charge in [0.15, 0.2) is 0 Å². The van der Waals surface area contributed by atoms with Gasteiger partial charge in [0.25, 0.3) is 0 Å². The van der Waals surface area contributed by atoms with Crippen molar-refractivity contribution in [3.8, 4) is 0 Å². The largest absolute Gasteiger partial charge is 0.481 e. The molecular weight excluding hydrogens is 260 g/mol. The Morgan fingerprint density at radius 1 is 1.30 bits per heavy atom. The summed E-state index contributed by atoms with van der Waals surface area (Å²) in [6.45, 7) is 5.87. The van der Waals surface area contributed by atoms with Crippen molar-refractivity contribution in [3.63, 3.8) is 0 Å². The average molecular weight is 286 g/mol. The molecule has 6 heteroatoms. The van der Waals surface area contributed by atoms with Gasteiger partial charge >= 0.3 is 12.0 Å². The molecule has 0 aliphatic carbocycles. The Hall–Kier alpha value is -1.30. The predicted octanol–water partition coefficient (Wildman–Crippen LogP) is 1.60. The molecule has 0 aromatic carbocycles. The third kappa shape index (κ3) is 4.67. The van der Waals surface area contributed by atoms with Crippen molar-refractivity contribution < 1.29 is 19.4 Å². The lowest BCUT2D eigenvalue weighted by atomic mass is 9.82. The maximum absolute atomic E-state index is 11.7. The first-order valence-corrected chi connectivity index (χ1v) is 7.37. The lowest BCUT2D eigenvalue weighted by molar-refractivity contribution is -0.149. The van der Waals surface area contributed by atoms with Crippen molar-refractivity contribution in [1.82, 2.24) is 10.6 Å². The fourth-order valence-electron chi connectivity index (χ4n) is 2.40. The number of aliphatic carboxylic acids is 1. The van der Waals surface area contributed by atoms with Crippen LogP contribution in [-0.4, -0.2) is 43.4 Å². The number of hydrogen-bond acceptors (Lipinski definition) is 3. The molecule has 1 rings (SSSR count). The number of carbonyl (C=O) groups is 2. The van der Waals surface area contributed by atoms with Crippen LogP contribution in [0.25, 0.3) is 0 Å². The number of rotatable bonds is 7. The van der Waals surface area contributed by atoms with Gasteiger partial charge in [0.1, 0.15) is 0 Å². The van der Waals surface area contributed by atoms with E-state index in [0.717, 1.165) is 19.4 Å².